The molecule has 0 spiro atoms. The van der Waals surface area contributed by atoms with Crippen LogP contribution in [0.2, 0.25) is 0 Å². The highest BCUT2D eigenvalue weighted by molar-refractivity contribution is 5.94. The quantitative estimate of drug-likeness (QED) is 0.795. The molecule has 4 nitrogen and oxygen atoms in total. The summed E-state index contributed by atoms with van der Waals surface area (Å²) in [5.41, 5.74) is 0.868. The fourth-order valence-corrected chi connectivity index (χ4v) is 2.51. The Kier molecular flexibility index (Phi) is 4.36. The third-order valence-corrected chi connectivity index (χ3v) is 4.01. The summed E-state index contributed by atoms with van der Waals surface area (Å²) in [4.78, 5) is 6.64. The molecule has 0 aliphatic heterocycles. The van der Waals surface area contributed by atoms with Crippen molar-refractivity contribution in [1.82, 2.24) is 4.98 Å². The Bertz CT molecular complexity index is 611. The zero-order chi connectivity index (χ0) is 14.7. The van der Waals surface area contributed by atoms with Crippen LogP contribution in [0, 0.1) is 5.92 Å². The van der Waals surface area contributed by atoms with Crippen LogP contribution in [0.5, 0.6) is 0 Å². The van der Waals surface area contributed by atoms with E-state index in [1.807, 2.05) is 25.2 Å². The van der Waals surface area contributed by atoms with Gasteiger partial charge in [0.25, 0.3) is 0 Å². The Hall–Kier alpha value is -1.65. The monoisotopic (exact) mass is 286 g/mol. The molecule has 1 N–H and O–H groups in total. The fraction of sp³-hybridized carbons (Fsp3) is 0.471. The molecule has 0 atom stereocenters. The van der Waals surface area contributed by atoms with Crippen LogP contribution in [0.4, 0.5) is 5.82 Å². The minimum atomic E-state index is 0.0159. The second kappa shape index (κ2) is 6.41. The average Bonchev–Trinajstić information content (AvgIpc) is 3.34. The fourth-order valence-electron chi connectivity index (χ4n) is 2.51. The van der Waals surface area contributed by atoms with E-state index in [2.05, 4.69) is 16.0 Å². The minimum Gasteiger partial charge on any atom is -0.392 e. The van der Waals surface area contributed by atoms with E-state index in [-0.39, 0.29) is 6.61 Å². The maximum absolute atomic E-state index is 9.42. The average molecular weight is 286 g/mol. The molecule has 1 aliphatic carbocycles. The standard InChI is InChI=1S/C17H22N2O2/c1-19(8-9-21-12-13-6-7-13)17-16-5-3-2-4-15(16)14(11-20)10-18-17/h2-5,10,13,20H,6-9,11-12H2,1H3. The smallest absolute Gasteiger partial charge is 0.136 e. The van der Waals surface area contributed by atoms with Crippen LogP contribution in [0.3, 0.4) is 0 Å². The normalized spacial score (nSPS) is 14.6. The first kappa shape index (κ1) is 14.3. The Labute approximate surface area is 125 Å². The molecular weight excluding hydrogens is 264 g/mol. The lowest BCUT2D eigenvalue weighted by Crippen LogP contribution is -2.24. The van der Waals surface area contributed by atoms with Crippen molar-refractivity contribution in [3.05, 3.63) is 36.0 Å². The first-order valence-corrected chi connectivity index (χ1v) is 7.56. The molecule has 1 aromatic carbocycles. The summed E-state index contributed by atoms with van der Waals surface area (Å²) in [7, 11) is 2.04. The van der Waals surface area contributed by atoms with Crippen molar-refractivity contribution in [2.24, 2.45) is 5.92 Å². The molecule has 1 aromatic heterocycles. The van der Waals surface area contributed by atoms with E-state index < -0.39 is 0 Å². The zero-order valence-electron chi connectivity index (χ0n) is 12.5. The van der Waals surface area contributed by atoms with Crippen molar-refractivity contribution in [3.63, 3.8) is 0 Å². The molecule has 1 saturated carbocycles. The number of fused-ring (bicyclic) bond motifs is 1. The number of aliphatic hydroxyl groups excluding tert-OH is 1. The summed E-state index contributed by atoms with van der Waals surface area (Å²) in [5.74, 6) is 1.75. The first-order valence-electron chi connectivity index (χ1n) is 7.56. The van der Waals surface area contributed by atoms with Crippen molar-refractivity contribution in [3.8, 4) is 0 Å². The van der Waals surface area contributed by atoms with Gasteiger partial charge in [-0.25, -0.2) is 4.98 Å². The van der Waals surface area contributed by atoms with Gasteiger partial charge in [-0.2, -0.15) is 0 Å². The zero-order valence-corrected chi connectivity index (χ0v) is 12.5. The topological polar surface area (TPSA) is 45.6 Å². The molecule has 1 heterocycles. The summed E-state index contributed by atoms with van der Waals surface area (Å²) < 4.78 is 5.70. The molecule has 1 fully saturated rings. The number of nitrogens with zero attached hydrogens (tertiary/aromatic N) is 2. The van der Waals surface area contributed by atoms with Crippen LogP contribution in [-0.2, 0) is 11.3 Å². The van der Waals surface area contributed by atoms with Crippen molar-refractivity contribution in [2.45, 2.75) is 19.4 Å². The van der Waals surface area contributed by atoms with E-state index in [1.165, 1.54) is 12.8 Å². The van der Waals surface area contributed by atoms with Gasteiger partial charge < -0.3 is 14.7 Å². The van der Waals surface area contributed by atoms with Gasteiger partial charge in [0.2, 0.25) is 0 Å². The van der Waals surface area contributed by atoms with Crippen molar-refractivity contribution in [2.75, 3.05) is 31.7 Å². The van der Waals surface area contributed by atoms with E-state index in [9.17, 15) is 5.11 Å². The van der Waals surface area contributed by atoms with Gasteiger partial charge in [0.15, 0.2) is 0 Å². The lowest BCUT2D eigenvalue weighted by Gasteiger charge is -2.20. The van der Waals surface area contributed by atoms with E-state index in [1.54, 1.807) is 6.20 Å². The van der Waals surface area contributed by atoms with E-state index in [0.29, 0.717) is 0 Å². The van der Waals surface area contributed by atoms with Gasteiger partial charge in [-0.15, -0.1) is 0 Å². The molecule has 112 valence electrons. The molecule has 0 amide bonds. The number of hydrogen-bond donors (Lipinski definition) is 1. The molecule has 4 heteroatoms. The highest BCUT2D eigenvalue weighted by Crippen LogP contribution is 2.29. The lowest BCUT2D eigenvalue weighted by atomic mass is 10.1. The van der Waals surface area contributed by atoms with Crippen LogP contribution in [0.25, 0.3) is 10.8 Å². The van der Waals surface area contributed by atoms with Crippen LogP contribution in [0.15, 0.2) is 30.5 Å². The third kappa shape index (κ3) is 3.34. The number of hydrogen-bond acceptors (Lipinski definition) is 4. The summed E-state index contributed by atoms with van der Waals surface area (Å²) >= 11 is 0. The molecule has 0 unspecified atom stereocenters. The van der Waals surface area contributed by atoms with Gasteiger partial charge >= 0.3 is 0 Å². The number of aliphatic hydroxyl groups is 1. The summed E-state index contributed by atoms with van der Waals surface area (Å²) in [6.45, 7) is 2.46. The van der Waals surface area contributed by atoms with Gasteiger partial charge in [-0.05, 0) is 24.1 Å². The number of rotatable bonds is 7. The van der Waals surface area contributed by atoms with Crippen molar-refractivity contribution in [1.29, 1.82) is 0 Å². The van der Waals surface area contributed by atoms with E-state index in [4.69, 9.17) is 4.74 Å². The number of benzene rings is 1. The van der Waals surface area contributed by atoms with Crippen LogP contribution < -0.4 is 4.90 Å². The molecule has 0 bridgehead atoms. The maximum Gasteiger partial charge on any atom is 0.136 e. The second-order valence-corrected chi connectivity index (χ2v) is 5.75. The Balaban J connectivity index is 1.72. The predicted octanol–water partition coefficient (Wildman–Crippen LogP) is 2.59. The number of aromatic nitrogens is 1. The maximum atomic E-state index is 9.42. The summed E-state index contributed by atoms with van der Waals surface area (Å²) in [6.07, 6.45) is 4.41. The SMILES string of the molecule is CN(CCOCC1CC1)c1ncc(CO)c2ccccc12. The Morgan fingerprint density at radius 1 is 1.29 bits per heavy atom. The van der Waals surface area contributed by atoms with Gasteiger partial charge in [-0.1, -0.05) is 24.3 Å². The molecule has 0 radical (unpaired) electrons. The van der Waals surface area contributed by atoms with E-state index in [0.717, 1.165) is 47.8 Å². The Morgan fingerprint density at radius 2 is 2.05 bits per heavy atom. The molecule has 0 saturated heterocycles. The first-order chi connectivity index (χ1) is 10.3. The number of ether oxygens (including phenoxy) is 1. The third-order valence-electron chi connectivity index (χ3n) is 4.01. The van der Waals surface area contributed by atoms with Crippen LogP contribution in [0.1, 0.15) is 18.4 Å². The molecule has 2 aromatic rings. The highest BCUT2D eigenvalue weighted by atomic mass is 16.5. The van der Waals surface area contributed by atoms with Gasteiger partial charge in [0.05, 0.1) is 13.2 Å². The van der Waals surface area contributed by atoms with Gasteiger partial charge in [0, 0.05) is 37.3 Å². The van der Waals surface area contributed by atoms with E-state index >= 15 is 0 Å². The van der Waals surface area contributed by atoms with Crippen molar-refractivity contribution < 1.29 is 9.84 Å². The lowest BCUT2D eigenvalue weighted by molar-refractivity contribution is 0.131. The predicted molar refractivity (Wildman–Crippen MR) is 84.5 cm³/mol. The number of pyridine rings is 1. The largest absolute Gasteiger partial charge is 0.392 e. The highest BCUT2D eigenvalue weighted by Gasteiger charge is 2.21. The summed E-state index contributed by atoms with van der Waals surface area (Å²) in [6, 6.07) is 8.08. The molecular formula is C17H22N2O2. The van der Waals surface area contributed by atoms with Gasteiger partial charge in [-0.3, -0.25) is 0 Å². The second-order valence-electron chi connectivity index (χ2n) is 5.75. The van der Waals surface area contributed by atoms with Crippen LogP contribution >= 0.6 is 0 Å². The van der Waals surface area contributed by atoms with Crippen LogP contribution in [-0.4, -0.2) is 36.9 Å². The Morgan fingerprint density at radius 3 is 2.76 bits per heavy atom. The number of likely N-dealkylation sites (N-methyl/N-ethyl adjacent to an activating group) is 1. The molecule has 21 heavy (non-hydrogen) atoms. The molecule has 3 rings (SSSR count). The summed E-state index contributed by atoms with van der Waals surface area (Å²) in [5, 5.41) is 11.6. The number of anilines is 1. The van der Waals surface area contributed by atoms with Crippen molar-refractivity contribution >= 4 is 16.6 Å². The van der Waals surface area contributed by atoms with Gasteiger partial charge in [0.1, 0.15) is 5.82 Å². The molecule has 1 aliphatic rings. The minimum absolute atomic E-state index is 0.0159.